The molecule has 0 saturated carbocycles. The minimum absolute atomic E-state index is 0.120. The summed E-state index contributed by atoms with van der Waals surface area (Å²) in [5.74, 6) is -0.132. The Morgan fingerprint density at radius 2 is 1.90 bits per heavy atom. The maximum atomic E-state index is 13.4. The molecule has 1 aromatic carbocycles. The Morgan fingerprint density at radius 1 is 1.10 bits per heavy atom. The summed E-state index contributed by atoms with van der Waals surface area (Å²) in [5, 5.41) is 5.62. The summed E-state index contributed by atoms with van der Waals surface area (Å²) in [7, 11) is 1.72. The zero-order chi connectivity index (χ0) is 20.4. The predicted octanol–water partition coefficient (Wildman–Crippen LogP) is 2.48. The monoisotopic (exact) mass is 398 g/mol. The van der Waals surface area contributed by atoms with Gasteiger partial charge in [0.25, 0.3) is 5.91 Å². The molecule has 0 spiro atoms. The van der Waals surface area contributed by atoms with Gasteiger partial charge in [0.2, 0.25) is 5.95 Å². The Bertz CT molecular complexity index is 945. The van der Waals surface area contributed by atoms with Gasteiger partial charge in [-0.2, -0.15) is 0 Å². The third-order valence-electron chi connectivity index (χ3n) is 5.24. The van der Waals surface area contributed by atoms with E-state index in [9.17, 15) is 14.0 Å². The van der Waals surface area contributed by atoms with Gasteiger partial charge in [-0.15, -0.1) is 0 Å². The van der Waals surface area contributed by atoms with Crippen molar-refractivity contribution in [2.45, 2.75) is 25.8 Å². The first-order valence-electron chi connectivity index (χ1n) is 9.73. The lowest BCUT2D eigenvalue weighted by molar-refractivity contribution is 0.0783. The molecule has 2 aromatic rings. The highest BCUT2D eigenvalue weighted by atomic mass is 19.1. The van der Waals surface area contributed by atoms with Gasteiger partial charge in [-0.1, -0.05) is 6.07 Å². The molecule has 29 heavy (non-hydrogen) atoms. The van der Waals surface area contributed by atoms with Crippen LogP contribution in [0.3, 0.4) is 0 Å². The molecular formula is C20H23FN6O2. The van der Waals surface area contributed by atoms with Gasteiger partial charge < -0.3 is 20.4 Å². The SMILES string of the molecule is CNc1nc2c(c(C(=O)N3CCCC3)n1)CN(C(=O)Nc1cccc(F)c1)CC2. The van der Waals surface area contributed by atoms with Gasteiger partial charge in [-0.3, -0.25) is 4.79 Å². The number of hydrogen-bond donors (Lipinski definition) is 2. The third-order valence-corrected chi connectivity index (χ3v) is 5.24. The van der Waals surface area contributed by atoms with Crippen LogP contribution in [0.5, 0.6) is 0 Å². The van der Waals surface area contributed by atoms with Crippen LogP contribution in [0.2, 0.25) is 0 Å². The highest BCUT2D eigenvalue weighted by Gasteiger charge is 2.30. The van der Waals surface area contributed by atoms with E-state index in [-0.39, 0.29) is 18.5 Å². The van der Waals surface area contributed by atoms with Gasteiger partial charge in [0.15, 0.2) is 0 Å². The molecule has 152 valence electrons. The van der Waals surface area contributed by atoms with Gasteiger partial charge in [0.1, 0.15) is 11.5 Å². The lowest BCUT2D eigenvalue weighted by atomic mass is 10.0. The maximum Gasteiger partial charge on any atom is 0.322 e. The molecule has 2 N–H and O–H groups in total. The molecule has 2 aliphatic heterocycles. The second kappa shape index (κ2) is 8.02. The fourth-order valence-electron chi connectivity index (χ4n) is 3.71. The average Bonchev–Trinajstić information content (AvgIpc) is 3.27. The van der Waals surface area contributed by atoms with Crippen LogP contribution in [0.15, 0.2) is 24.3 Å². The second-order valence-electron chi connectivity index (χ2n) is 7.18. The number of halogens is 1. The van der Waals surface area contributed by atoms with E-state index in [1.807, 2.05) is 0 Å². The zero-order valence-corrected chi connectivity index (χ0v) is 16.2. The van der Waals surface area contributed by atoms with E-state index >= 15 is 0 Å². The van der Waals surface area contributed by atoms with E-state index in [0.717, 1.165) is 31.6 Å². The van der Waals surface area contributed by atoms with Crippen LogP contribution in [0.4, 0.5) is 20.8 Å². The van der Waals surface area contributed by atoms with Gasteiger partial charge in [-0.25, -0.2) is 19.2 Å². The van der Waals surface area contributed by atoms with Crippen molar-refractivity contribution in [3.05, 3.63) is 47.0 Å². The standard InChI is InChI=1S/C20H23FN6O2/c1-22-19-24-16-7-10-27(20(29)23-14-6-4-5-13(21)11-14)12-15(16)17(25-19)18(28)26-8-2-3-9-26/h4-6,11H,2-3,7-10,12H2,1H3,(H,23,29)(H,22,24,25). The molecule has 8 nitrogen and oxygen atoms in total. The number of urea groups is 1. The van der Waals surface area contributed by atoms with Crippen LogP contribution in [0, 0.1) is 5.82 Å². The van der Waals surface area contributed by atoms with Gasteiger partial charge in [0, 0.05) is 44.4 Å². The van der Waals surface area contributed by atoms with E-state index < -0.39 is 5.82 Å². The Morgan fingerprint density at radius 3 is 2.62 bits per heavy atom. The number of fused-ring (bicyclic) bond motifs is 1. The molecule has 0 bridgehead atoms. The van der Waals surface area contributed by atoms with Crippen molar-refractivity contribution in [2.24, 2.45) is 0 Å². The first-order chi connectivity index (χ1) is 14.0. The van der Waals surface area contributed by atoms with E-state index in [1.165, 1.54) is 18.2 Å². The first kappa shape index (κ1) is 19.1. The molecule has 3 heterocycles. The number of likely N-dealkylation sites (tertiary alicyclic amines) is 1. The number of nitrogens with one attached hydrogen (secondary N) is 2. The molecule has 3 amide bonds. The summed E-state index contributed by atoms with van der Waals surface area (Å²) in [5.41, 5.74) is 2.20. The summed E-state index contributed by atoms with van der Waals surface area (Å²) in [6.45, 7) is 2.12. The maximum absolute atomic E-state index is 13.4. The summed E-state index contributed by atoms with van der Waals surface area (Å²) in [6, 6.07) is 5.40. The fourth-order valence-corrected chi connectivity index (χ4v) is 3.71. The molecule has 1 aromatic heterocycles. The molecule has 2 aliphatic rings. The zero-order valence-electron chi connectivity index (χ0n) is 16.2. The summed E-state index contributed by atoms with van der Waals surface area (Å²) >= 11 is 0. The smallest absolute Gasteiger partial charge is 0.322 e. The number of carbonyl (C=O) groups excluding carboxylic acids is 2. The number of amides is 3. The number of nitrogens with zero attached hydrogens (tertiary/aromatic N) is 4. The summed E-state index contributed by atoms with van der Waals surface area (Å²) < 4.78 is 13.4. The van der Waals surface area contributed by atoms with E-state index in [1.54, 1.807) is 22.9 Å². The third kappa shape index (κ3) is 3.98. The molecule has 4 rings (SSSR count). The second-order valence-corrected chi connectivity index (χ2v) is 7.18. The van der Waals surface area contributed by atoms with Gasteiger partial charge >= 0.3 is 6.03 Å². The minimum atomic E-state index is -0.418. The predicted molar refractivity (Wildman–Crippen MR) is 106 cm³/mol. The fraction of sp³-hybridized carbons (Fsp3) is 0.400. The molecule has 0 radical (unpaired) electrons. The van der Waals surface area contributed by atoms with Crippen molar-refractivity contribution in [3.63, 3.8) is 0 Å². The lowest BCUT2D eigenvalue weighted by Crippen LogP contribution is -2.41. The highest BCUT2D eigenvalue weighted by Crippen LogP contribution is 2.25. The van der Waals surface area contributed by atoms with Crippen LogP contribution in [0.25, 0.3) is 0 Å². The van der Waals surface area contributed by atoms with Crippen LogP contribution in [-0.2, 0) is 13.0 Å². The van der Waals surface area contributed by atoms with Gasteiger partial charge in [-0.05, 0) is 31.0 Å². The topological polar surface area (TPSA) is 90.5 Å². The molecule has 0 aliphatic carbocycles. The van der Waals surface area contributed by atoms with Crippen LogP contribution >= 0.6 is 0 Å². The number of carbonyl (C=O) groups is 2. The van der Waals surface area contributed by atoms with E-state index in [4.69, 9.17) is 0 Å². The molecule has 1 saturated heterocycles. The Balaban J connectivity index is 1.58. The van der Waals surface area contributed by atoms with Crippen molar-refractivity contribution < 1.29 is 14.0 Å². The minimum Gasteiger partial charge on any atom is -0.357 e. The van der Waals surface area contributed by atoms with Crippen LogP contribution in [0.1, 0.15) is 34.6 Å². The molecular weight excluding hydrogens is 375 g/mol. The van der Waals surface area contributed by atoms with E-state index in [0.29, 0.717) is 35.9 Å². The van der Waals surface area contributed by atoms with Crippen molar-refractivity contribution in [1.29, 1.82) is 0 Å². The van der Waals surface area contributed by atoms with Crippen molar-refractivity contribution in [1.82, 2.24) is 19.8 Å². The van der Waals surface area contributed by atoms with Crippen LogP contribution in [-0.4, -0.2) is 58.4 Å². The van der Waals surface area contributed by atoms with Crippen LogP contribution < -0.4 is 10.6 Å². The molecule has 0 unspecified atom stereocenters. The summed E-state index contributed by atoms with van der Waals surface area (Å²) in [4.78, 5) is 38.0. The number of anilines is 2. The van der Waals surface area contributed by atoms with E-state index in [2.05, 4.69) is 20.6 Å². The largest absolute Gasteiger partial charge is 0.357 e. The highest BCUT2D eigenvalue weighted by molar-refractivity contribution is 5.95. The first-order valence-corrected chi connectivity index (χ1v) is 9.73. The normalized spacial score (nSPS) is 15.8. The number of benzene rings is 1. The Kier molecular flexibility index (Phi) is 5.28. The molecule has 1 fully saturated rings. The molecule has 0 atom stereocenters. The Labute approximate surface area is 168 Å². The van der Waals surface area contributed by atoms with Gasteiger partial charge in [0.05, 0.1) is 12.2 Å². The van der Waals surface area contributed by atoms with Crippen molar-refractivity contribution in [3.8, 4) is 0 Å². The average molecular weight is 398 g/mol. The van der Waals surface area contributed by atoms with Crippen molar-refractivity contribution in [2.75, 3.05) is 37.3 Å². The quantitative estimate of drug-likeness (QED) is 0.829. The Hall–Kier alpha value is -3.23. The summed E-state index contributed by atoms with van der Waals surface area (Å²) in [6.07, 6.45) is 2.49. The van der Waals surface area contributed by atoms with Crippen molar-refractivity contribution >= 4 is 23.6 Å². The number of hydrogen-bond acceptors (Lipinski definition) is 5. The number of aromatic nitrogens is 2. The number of rotatable bonds is 3. The lowest BCUT2D eigenvalue weighted by Gasteiger charge is -2.30. The molecule has 9 heteroatoms.